The largest absolute Gasteiger partial charge is 0.355 e. The molecular weight excluding hydrogens is 388 g/mol. The molecule has 0 saturated carbocycles. The first-order chi connectivity index (χ1) is 9.40. The molecule has 1 fully saturated rings. The Hall–Kier alpha value is -0.720. The molecule has 2 unspecified atom stereocenters. The number of rotatable bonds is 2. The van der Waals surface area contributed by atoms with Gasteiger partial charge in [0.2, 0.25) is 5.91 Å². The number of Topliss-reactive ketones (excluding diaryl/α,β-unsaturated/α-hetero) is 1. The van der Waals surface area contributed by atoms with Gasteiger partial charge in [0.1, 0.15) is 5.92 Å². The summed E-state index contributed by atoms with van der Waals surface area (Å²) in [7, 11) is 0. The summed E-state index contributed by atoms with van der Waals surface area (Å²) in [6.45, 7) is 2.45. The van der Waals surface area contributed by atoms with Gasteiger partial charge in [-0.15, -0.1) is 0 Å². The first-order valence-electron chi connectivity index (χ1n) is 6.41. The third-order valence-electron chi connectivity index (χ3n) is 3.56. The lowest BCUT2D eigenvalue weighted by Gasteiger charge is -2.15. The van der Waals surface area contributed by atoms with Gasteiger partial charge in [0, 0.05) is 15.5 Å². The van der Waals surface area contributed by atoms with Gasteiger partial charge in [-0.2, -0.15) is 0 Å². The van der Waals surface area contributed by atoms with Crippen molar-refractivity contribution in [3.05, 3.63) is 32.2 Å². The molecule has 1 aromatic carbocycles. The highest BCUT2D eigenvalue weighted by Crippen LogP contribution is 2.28. The lowest BCUT2D eigenvalue weighted by atomic mass is 9.91. The molecule has 0 radical (unpaired) electrons. The van der Waals surface area contributed by atoms with E-state index in [2.05, 4.69) is 37.2 Å². The predicted molar refractivity (Wildman–Crippen MR) is 84.4 cm³/mol. The molecule has 2 atom stereocenters. The van der Waals surface area contributed by atoms with Crippen LogP contribution in [0.4, 0.5) is 0 Å². The number of benzene rings is 1. The van der Waals surface area contributed by atoms with E-state index in [1.807, 2.05) is 19.1 Å². The Balaban J connectivity index is 2.27. The van der Waals surface area contributed by atoms with Crippen LogP contribution in [0.5, 0.6) is 0 Å². The molecule has 0 aliphatic carbocycles. The van der Waals surface area contributed by atoms with Crippen LogP contribution in [0.1, 0.15) is 17.5 Å². The number of hydrogen-bond donors (Lipinski definition) is 2. The maximum Gasteiger partial charge on any atom is 0.230 e. The van der Waals surface area contributed by atoms with Crippen molar-refractivity contribution in [2.75, 3.05) is 6.54 Å². The number of amides is 1. The Morgan fingerprint density at radius 3 is 2.50 bits per heavy atom. The molecule has 6 heteroatoms. The van der Waals surface area contributed by atoms with Crippen LogP contribution < -0.4 is 11.1 Å². The average molecular weight is 404 g/mol. The third-order valence-corrected chi connectivity index (χ3v) is 5.21. The van der Waals surface area contributed by atoms with Crippen molar-refractivity contribution in [1.82, 2.24) is 5.32 Å². The lowest BCUT2D eigenvalue weighted by Crippen LogP contribution is -2.39. The summed E-state index contributed by atoms with van der Waals surface area (Å²) in [5.41, 5.74) is 7.82. The monoisotopic (exact) mass is 402 g/mol. The topological polar surface area (TPSA) is 72.2 Å². The fourth-order valence-corrected chi connectivity index (χ4v) is 3.53. The number of ketones is 1. The number of halogens is 2. The number of nitrogens with one attached hydrogen (secondary N) is 1. The highest BCUT2D eigenvalue weighted by atomic mass is 79.9. The fourth-order valence-electron chi connectivity index (χ4n) is 2.25. The zero-order valence-electron chi connectivity index (χ0n) is 11.1. The number of hydrogen-bond acceptors (Lipinski definition) is 3. The molecule has 1 aliphatic rings. The van der Waals surface area contributed by atoms with Crippen molar-refractivity contribution in [1.29, 1.82) is 0 Å². The van der Waals surface area contributed by atoms with Crippen molar-refractivity contribution >= 4 is 43.6 Å². The van der Waals surface area contributed by atoms with E-state index in [9.17, 15) is 9.59 Å². The summed E-state index contributed by atoms with van der Waals surface area (Å²) in [6, 6.07) is 3.32. The predicted octanol–water partition coefficient (Wildman–Crippen LogP) is 2.10. The van der Waals surface area contributed by atoms with Crippen LogP contribution in [0.3, 0.4) is 0 Å². The van der Waals surface area contributed by atoms with Gasteiger partial charge < -0.3 is 11.1 Å². The van der Waals surface area contributed by atoms with E-state index >= 15 is 0 Å². The van der Waals surface area contributed by atoms with E-state index in [-0.39, 0.29) is 11.7 Å². The molecule has 1 aromatic rings. The van der Waals surface area contributed by atoms with Crippen molar-refractivity contribution in [3.8, 4) is 0 Å². The summed E-state index contributed by atoms with van der Waals surface area (Å²) in [4.78, 5) is 24.2. The van der Waals surface area contributed by atoms with Gasteiger partial charge in [0.25, 0.3) is 0 Å². The SMILES string of the molecule is Cc1c(Br)cc(CC2C(=O)NCCC(N)C2=O)cc1Br. The molecule has 20 heavy (non-hydrogen) atoms. The van der Waals surface area contributed by atoms with Crippen LogP contribution in [0.2, 0.25) is 0 Å². The second-order valence-corrected chi connectivity index (χ2v) is 6.74. The summed E-state index contributed by atoms with van der Waals surface area (Å²) in [5, 5.41) is 2.75. The number of nitrogens with two attached hydrogens (primary N) is 1. The van der Waals surface area contributed by atoms with E-state index in [1.165, 1.54) is 0 Å². The van der Waals surface area contributed by atoms with Crippen molar-refractivity contribution in [3.63, 3.8) is 0 Å². The minimum absolute atomic E-state index is 0.173. The Kier molecular flexibility index (Phi) is 4.99. The van der Waals surface area contributed by atoms with Crippen LogP contribution in [-0.4, -0.2) is 24.3 Å². The highest BCUT2D eigenvalue weighted by Gasteiger charge is 2.33. The first kappa shape index (κ1) is 15.7. The number of carbonyl (C=O) groups is 2. The fraction of sp³-hybridized carbons (Fsp3) is 0.429. The first-order valence-corrected chi connectivity index (χ1v) is 8.00. The van der Waals surface area contributed by atoms with Gasteiger partial charge in [-0.3, -0.25) is 9.59 Å². The Morgan fingerprint density at radius 1 is 1.30 bits per heavy atom. The third kappa shape index (κ3) is 3.30. The zero-order valence-corrected chi connectivity index (χ0v) is 14.3. The van der Waals surface area contributed by atoms with Gasteiger partial charge in [-0.1, -0.05) is 31.9 Å². The molecule has 3 N–H and O–H groups in total. The van der Waals surface area contributed by atoms with Crippen LogP contribution >= 0.6 is 31.9 Å². The molecule has 1 aliphatic heterocycles. The minimum Gasteiger partial charge on any atom is -0.355 e. The van der Waals surface area contributed by atoms with Crippen molar-refractivity contribution < 1.29 is 9.59 Å². The molecule has 4 nitrogen and oxygen atoms in total. The van der Waals surface area contributed by atoms with Gasteiger partial charge >= 0.3 is 0 Å². The molecule has 1 amide bonds. The lowest BCUT2D eigenvalue weighted by molar-refractivity contribution is -0.133. The van der Waals surface area contributed by atoms with Gasteiger partial charge in [-0.25, -0.2) is 0 Å². The molecule has 108 valence electrons. The molecular formula is C14H16Br2N2O2. The smallest absolute Gasteiger partial charge is 0.230 e. The Bertz CT molecular complexity index is 537. The van der Waals surface area contributed by atoms with E-state index < -0.39 is 12.0 Å². The maximum atomic E-state index is 12.2. The normalized spacial score (nSPS) is 23.4. The van der Waals surface area contributed by atoms with E-state index in [1.54, 1.807) is 0 Å². The van der Waals surface area contributed by atoms with Gasteiger partial charge in [0.05, 0.1) is 6.04 Å². The summed E-state index contributed by atoms with van der Waals surface area (Å²) >= 11 is 6.96. The van der Waals surface area contributed by atoms with Crippen LogP contribution in [0, 0.1) is 12.8 Å². The average Bonchev–Trinajstić information content (AvgIpc) is 2.50. The van der Waals surface area contributed by atoms with Crippen molar-refractivity contribution in [2.45, 2.75) is 25.8 Å². The Morgan fingerprint density at radius 2 is 1.90 bits per heavy atom. The Labute approximate surface area is 134 Å². The van der Waals surface area contributed by atoms with E-state index in [0.29, 0.717) is 19.4 Å². The second kappa shape index (κ2) is 6.37. The zero-order chi connectivity index (χ0) is 14.9. The molecule has 1 saturated heterocycles. The van der Waals surface area contributed by atoms with Crippen LogP contribution in [0.15, 0.2) is 21.1 Å². The molecule has 0 aromatic heterocycles. The summed E-state index contributed by atoms with van der Waals surface area (Å²) in [5.74, 6) is -1.10. The van der Waals surface area contributed by atoms with E-state index in [0.717, 1.165) is 20.1 Å². The maximum absolute atomic E-state index is 12.2. The standard InChI is InChI=1S/C14H16Br2N2O2/c1-7-10(15)5-8(6-11(7)16)4-9-13(19)12(17)2-3-18-14(9)20/h5-6,9,12H,2-4,17H2,1H3,(H,18,20). The quantitative estimate of drug-likeness (QED) is 0.742. The van der Waals surface area contributed by atoms with Crippen molar-refractivity contribution in [2.24, 2.45) is 11.7 Å². The number of carbonyl (C=O) groups excluding carboxylic acids is 2. The molecule has 0 spiro atoms. The molecule has 0 bridgehead atoms. The van der Waals surface area contributed by atoms with Crippen LogP contribution in [-0.2, 0) is 16.0 Å². The molecule has 1 heterocycles. The van der Waals surface area contributed by atoms with Gasteiger partial charge in [0.15, 0.2) is 5.78 Å². The highest BCUT2D eigenvalue weighted by molar-refractivity contribution is 9.11. The summed E-state index contributed by atoms with van der Waals surface area (Å²) in [6.07, 6.45) is 0.873. The van der Waals surface area contributed by atoms with E-state index in [4.69, 9.17) is 5.73 Å². The van der Waals surface area contributed by atoms with Gasteiger partial charge in [-0.05, 0) is 43.0 Å². The molecule has 2 rings (SSSR count). The summed E-state index contributed by atoms with van der Waals surface area (Å²) < 4.78 is 1.90. The van der Waals surface area contributed by atoms with Crippen LogP contribution in [0.25, 0.3) is 0 Å². The minimum atomic E-state index is -0.700. The second-order valence-electron chi connectivity index (χ2n) is 5.03.